The smallest absolute Gasteiger partial charge is 0.374 e. The second kappa shape index (κ2) is 5.64. The van der Waals surface area contributed by atoms with E-state index in [1.165, 1.54) is 7.11 Å². The molecule has 0 N–H and O–H groups in total. The van der Waals surface area contributed by atoms with Crippen LogP contribution in [0.25, 0.3) is 0 Å². The topological polar surface area (TPSA) is 43.4 Å². The van der Waals surface area contributed by atoms with Gasteiger partial charge in [0.15, 0.2) is 0 Å². The Labute approximate surface area is 73.3 Å². The van der Waals surface area contributed by atoms with Gasteiger partial charge in [0.1, 0.15) is 0 Å². The zero-order valence-corrected chi connectivity index (χ0v) is 7.88. The number of hydrogen-bond donors (Lipinski definition) is 0. The van der Waals surface area contributed by atoms with E-state index >= 15 is 0 Å². The van der Waals surface area contributed by atoms with Crippen molar-refractivity contribution in [2.45, 2.75) is 12.8 Å². The van der Waals surface area contributed by atoms with Crippen molar-refractivity contribution in [1.82, 2.24) is 0 Å². The van der Waals surface area contributed by atoms with Crippen LogP contribution in [0.1, 0.15) is 12.8 Å². The van der Waals surface area contributed by atoms with Gasteiger partial charge in [0, 0.05) is 6.42 Å². The summed E-state index contributed by atoms with van der Waals surface area (Å²) in [6.07, 6.45) is 1.05. The van der Waals surface area contributed by atoms with Gasteiger partial charge in [0.2, 0.25) is 5.78 Å². The summed E-state index contributed by atoms with van der Waals surface area (Å²) >= 11 is 2.15. The molecule has 58 valence electrons. The molecular formula is C6H9IO3. The second-order valence-electron chi connectivity index (χ2n) is 1.71. The van der Waals surface area contributed by atoms with Crippen LogP contribution in [0.2, 0.25) is 0 Å². The third-order valence-corrected chi connectivity index (χ3v) is 1.71. The number of methoxy groups -OCH3 is 1. The minimum absolute atomic E-state index is 0.301. The molecule has 3 nitrogen and oxygen atoms in total. The standard InChI is InChI=1S/C6H9IO3/c1-10-6(9)5(8)3-2-4-7/h2-4H2,1H3. The van der Waals surface area contributed by atoms with Gasteiger partial charge in [0.25, 0.3) is 0 Å². The molecular weight excluding hydrogens is 247 g/mol. The average molecular weight is 256 g/mol. The number of ether oxygens (including phenoxy) is 1. The number of carbonyl (C=O) groups excluding carboxylic acids is 2. The molecule has 0 aliphatic heterocycles. The number of alkyl halides is 1. The van der Waals surface area contributed by atoms with Gasteiger partial charge in [0.05, 0.1) is 7.11 Å². The molecule has 0 aliphatic rings. The summed E-state index contributed by atoms with van der Waals surface area (Å²) in [6, 6.07) is 0. The maximum Gasteiger partial charge on any atom is 0.374 e. The normalized spacial score (nSPS) is 9.00. The van der Waals surface area contributed by atoms with E-state index in [9.17, 15) is 9.59 Å². The SMILES string of the molecule is COC(=O)C(=O)CCCI. The summed E-state index contributed by atoms with van der Waals surface area (Å²) in [5, 5.41) is 0. The lowest BCUT2D eigenvalue weighted by Gasteiger charge is -1.94. The predicted octanol–water partition coefficient (Wildman–Crippen LogP) is 0.944. The first-order chi connectivity index (χ1) is 4.72. The Hall–Kier alpha value is -0.130. The van der Waals surface area contributed by atoms with Crippen molar-refractivity contribution in [2.24, 2.45) is 0 Å². The Balaban J connectivity index is 3.52. The van der Waals surface area contributed by atoms with E-state index in [-0.39, 0.29) is 0 Å². The maximum atomic E-state index is 10.7. The lowest BCUT2D eigenvalue weighted by molar-refractivity contribution is -0.151. The van der Waals surface area contributed by atoms with Crippen molar-refractivity contribution < 1.29 is 14.3 Å². The van der Waals surface area contributed by atoms with Crippen LogP contribution in [0.4, 0.5) is 0 Å². The number of ketones is 1. The van der Waals surface area contributed by atoms with Gasteiger partial charge in [-0.15, -0.1) is 0 Å². The fourth-order valence-electron chi connectivity index (χ4n) is 0.443. The van der Waals surface area contributed by atoms with Crippen molar-refractivity contribution in [3.05, 3.63) is 0 Å². The minimum Gasteiger partial charge on any atom is -0.463 e. The van der Waals surface area contributed by atoms with Crippen LogP contribution in [0, 0.1) is 0 Å². The van der Waals surface area contributed by atoms with Gasteiger partial charge in [-0.1, -0.05) is 22.6 Å². The largest absolute Gasteiger partial charge is 0.463 e. The third kappa shape index (κ3) is 3.81. The molecule has 0 aromatic rings. The predicted molar refractivity (Wildman–Crippen MR) is 45.1 cm³/mol. The molecule has 0 aromatic heterocycles. The molecule has 0 rings (SSSR count). The molecule has 0 saturated heterocycles. The van der Waals surface area contributed by atoms with Crippen LogP contribution in [0.3, 0.4) is 0 Å². The van der Waals surface area contributed by atoms with Gasteiger partial charge in [-0.25, -0.2) is 4.79 Å². The Morgan fingerprint density at radius 2 is 2.10 bits per heavy atom. The number of hydrogen-bond acceptors (Lipinski definition) is 3. The molecule has 0 aromatic carbocycles. The highest BCUT2D eigenvalue weighted by atomic mass is 127. The molecule has 0 unspecified atom stereocenters. The number of esters is 1. The van der Waals surface area contributed by atoms with Crippen molar-refractivity contribution in [1.29, 1.82) is 0 Å². The molecule has 0 atom stereocenters. The summed E-state index contributed by atoms with van der Waals surface area (Å²) in [5.74, 6) is -1.16. The van der Waals surface area contributed by atoms with E-state index in [2.05, 4.69) is 27.3 Å². The van der Waals surface area contributed by atoms with E-state index in [4.69, 9.17) is 0 Å². The Kier molecular flexibility index (Phi) is 5.57. The minimum atomic E-state index is -0.732. The summed E-state index contributed by atoms with van der Waals surface area (Å²) in [6.45, 7) is 0. The van der Waals surface area contributed by atoms with E-state index in [1.807, 2.05) is 0 Å². The van der Waals surface area contributed by atoms with Crippen LogP contribution in [0.5, 0.6) is 0 Å². The molecule has 0 bridgehead atoms. The van der Waals surface area contributed by atoms with Gasteiger partial charge < -0.3 is 4.74 Å². The van der Waals surface area contributed by atoms with Gasteiger partial charge in [-0.2, -0.15) is 0 Å². The highest BCUT2D eigenvalue weighted by Crippen LogP contribution is 1.96. The summed E-state index contributed by atoms with van der Waals surface area (Å²) in [5.41, 5.74) is 0. The summed E-state index contributed by atoms with van der Waals surface area (Å²) in [7, 11) is 1.21. The van der Waals surface area contributed by atoms with E-state index in [1.54, 1.807) is 0 Å². The molecule has 0 aliphatic carbocycles. The van der Waals surface area contributed by atoms with Crippen molar-refractivity contribution in [3.8, 4) is 0 Å². The maximum absolute atomic E-state index is 10.7. The molecule has 0 radical (unpaired) electrons. The molecule has 0 heterocycles. The third-order valence-electron chi connectivity index (χ3n) is 0.951. The van der Waals surface area contributed by atoms with Crippen LogP contribution in [0.15, 0.2) is 0 Å². The van der Waals surface area contributed by atoms with E-state index < -0.39 is 11.8 Å². The zero-order chi connectivity index (χ0) is 7.98. The van der Waals surface area contributed by atoms with Gasteiger partial charge in [-0.05, 0) is 10.8 Å². The quantitative estimate of drug-likeness (QED) is 0.325. The number of carbonyl (C=O) groups is 2. The molecule has 0 saturated carbocycles. The first kappa shape index (κ1) is 9.87. The second-order valence-corrected chi connectivity index (χ2v) is 2.79. The van der Waals surface area contributed by atoms with E-state index in [0.717, 1.165) is 10.8 Å². The summed E-state index contributed by atoms with van der Waals surface area (Å²) in [4.78, 5) is 21.1. The molecule has 10 heavy (non-hydrogen) atoms. The highest BCUT2D eigenvalue weighted by molar-refractivity contribution is 14.1. The lowest BCUT2D eigenvalue weighted by atomic mass is 10.2. The zero-order valence-electron chi connectivity index (χ0n) is 5.72. The molecule has 0 spiro atoms. The van der Waals surface area contributed by atoms with Crippen molar-refractivity contribution in [3.63, 3.8) is 0 Å². The Bertz CT molecular complexity index is 133. The van der Waals surface area contributed by atoms with Crippen LogP contribution < -0.4 is 0 Å². The van der Waals surface area contributed by atoms with Crippen LogP contribution in [-0.4, -0.2) is 23.3 Å². The molecule has 0 amide bonds. The van der Waals surface area contributed by atoms with Crippen molar-refractivity contribution >= 4 is 34.3 Å². The summed E-state index contributed by atoms with van der Waals surface area (Å²) < 4.78 is 5.11. The van der Waals surface area contributed by atoms with E-state index in [0.29, 0.717) is 6.42 Å². The fourth-order valence-corrected chi connectivity index (χ4v) is 0.825. The first-order valence-corrected chi connectivity index (χ1v) is 4.42. The molecule has 4 heteroatoms. The van der Waals surface area contributed by atoms with Crippen molar-refractivity contribution in [2.75, 3.05) is 11.5 Å². The van der Waals surface area contributed by atoms with Gasteiger partial charge >= 0.3 is 5.97 Å². The Morgan fingerprint density at radius 3 is 2.50 bits per heavy atom. The fraction of sp³-hybridized carbons (Fsp3) is 0.667. The number of Topliss-reactive ketones (excluding diaryl/α,β-unsaturated/α-hetero) is 1. The molecule has 0 fully saturated rings. The first-order valence-electron chi connectivity index (χ1n) is 2.89. The highest BCUT2D eigenvalue weighted by Gasteiger charge is 2.11. The number of rotatable bonds is 4. The monoisotopic (exact) mass is 256 g/mol. The van der Waals surface area contributed by atoms with Crippen LogP contribution in [-0.2, 0) is 14.3 Å². The Morgan fingerprint density at radius 1 is 1.50 bits per heavy atom. The van der Waals surface area contributed by atoms with Gasteiger partial charge in [-0.3, -0.25) is 4.79 Å². The average Bonchev–Trinajstić information content (AvgIpc) is 1.98. The lowest BCUT2D eigenvalue weighted by Crippen LogP contribution is -2.14. The van der Waals surface area contributed by atoms with Crippen LogP contribution >= 0.6 is 22.6 Å². The number of halogens is 1.